The van der Waals surface area contributed by atoms with Crippen LogP contribution in [0.4, 0.5) is 0 Å². The van der Waals surface area contributed by atoms with E-state index in [0.717, 1.165) is 38.5 Å². The van der Waals surface area contributed by atoms with Crippen molar-refractivity contribution in [3.63, 3.8) is 0 Å². The Labute approximate surface area is 373 Å². The molecule has 9 heteroatoms. The number of quaternary nitrogens is 1. The highest BCUT2D eigenvalue weighted by atomic mass is 31.2. The monoisotopic (exact) mass is 870 g/mol. The summed E-state index contributed by atoms with van der Waals surface area (Å²) in [6.45, 7) is 4.83. The number of hydrogen-bond acceptors (Lipinski definition) is 5. The van der Waals surface area contributed by atoms with E-state index in [2.05, 4.69) is 31.3 Å². The number of nitrogens with one attached hydrogen (secondary N) is 1. The fourth-order valence-electron chi connectivity index (χ4n) is 7.57. The zero-order valence-corrected chi connectivity index (χ0v) is 41.4. The first-order chi connectivity index (χ1) is 29.0. The van der Waals surface area contributed by atoms with E-state index < -0.39 is 20.0 Å². The first-order valence-electron chi connectivity index (χ1n) is 25.7. The van der Waals surface area contributed by atoms with Crippen LogP contribution in [-0.4, -0.2) is 73.4 Å². The molecule has 0 aliphatic rings. The normalized spacial score (nSPS) is 14.3. The van der Waals surface area contributed by atoms with Crippen LogP contribution in [0.15, 0.2) is 24.3 Å². The minimum atomic E-state index is -4.34. The summed E-state index contributed by atoms with van der Waals surface area (Å²) in [5.41, 5.74) is 0. The average molecular weight is 870 g/mol. The molecule has 356 valence electrons. The predicted molar refractivity (Wildman–Crippen MR) is 258 cm³/mol. The molecule has 0 aromatic heterocycles. The zero-order chi connectivity index (χ0) is 44.3. The van der Waals surface area contributed by atoms with E-state index >= 15 is 0 Å². The number of aliphatic hydroxyl groups excluding tert-OH is 1. The number of allylic oxidation sites excluding steroid dienone is 3. The van der Waals surface area contributed by atoms with E-state index in [1.165, 1.54) is 186 Å². The summed E-state index contributed by atoms with van der Waals surface area (Å²) >= 11 is 0. The Morgan fingerprint density at radius 2 is 0.900 bits per heavy atom. The number of aliphatic hydroxyl groups is 1. The van der Waals surface area contributed by atoms with E-state index in [1.807, 2.05) is 27.2 Å². The maximum Gasteiger partial charge on any atom is 0.472 e. The Bertz CT molecular complexity index is 1030. The SMILES string of the molecule is CCCCCCCCCC/C=C\CCCCCCCCCCCCCC(=O)NC(COP(=O)(O)OCC[N+](C)(C)C)C(O)/C=C/CCCCCCCCCCCCCCC. The van der Waals surface area contributed by atoms with Gasteiger partial charge in [0.25, 0.3) is 0 Å². The number of likely N-dealkylation sites (N-methyl/N-ethyl adjacent to an activating group) is 1. The lowest BCUT2D eigenvalue weighted by Crippen LogP contribution is -2.45. The molecule has 0 bridgehead atoms. The first-order valence-corrected chi connectivity index (χ1v) is 27.2. The van der Waals surface area contributed by atoms with Crippen LogP contribution in [0.3, 0.4) is 0 Å². The van der Waals surface area contributed by atoms with Crippen molar-refractivity contribution in [1.82, 2.24) is 5.32 Å². The van der Waals surface area contributed by atoms with E-state index in [4.69, 9.17) is 9.05 Å². The number of phosphoric acid groups is 1. The Kier molecular flexibility index (Phi) is 42.5. The summed E-state index contributed by atoms with van der Waals surface area (Å²) in [6.07, 6.45) is 52.5. The molecule has 8 nitrogen and oxygen atoms in total. The molecule has 0 spiro atoms. The predicted octanol–water partition coefficient (Wildman–Crippen LogP) is 14.9. The molecular weight excluding hydrogens is 768 g/mol. The van der Waals surface area contributed by atoms with Crippen molar-refractivity contribution < 1.29 is 32.9 Å². The largest absolute Gasteiger partial charge is 0.472 e. The number of nitrogens with zero attached hydrogens (tertiary/aromatic N) is 1. The van der Waals surface area contributed by atoms with Crippen molar-refractivity contribution in [2.45, 2.75) is 257 Å². The summed E-state index contributed by atoms with van der Waals surface area (Å²) in [5.74, 6) is -0.176. The van der Waals surface area contributed by atoms with Gasteiger partial charge in [-0.3, -0.25) is 13.8 Å². The molecule has 3 unspecified atom stereocenters. The summed E-state index contributed by atoms with van der Waals surface area (Å²) in [7, 11) is 1.58. The maximum absolute atomic E-state index is 12.9. The number of unbranched alkanes of at least 4 members (excludes halogenated alkanes) is 32. The second-order valence-electron chi connectivity index (χ2n) is 18.9. The summed E-state index contributed by atoms with van der Waals surface area (Å²) in [5, 5.41) is 13.9. The molecule has 0 aliphatic carbocycles. The topological polar surface area (TPSA) is 105 Å². The van der Waals surface area contributed by atoms with Crippen LogP contribution in [0.2, 0.25) is 0 Å². The maximum atomic E-state index is 12.9. The molecule has 60 heavy (non-hydrogen) atoms. The molecule has 0 aromatic rings. The van der Waals surface area contributed by atoms with Crippen LogP contribution in [0, 0.1) is 0 Å². The van der Waals surface area contributed by atoms with Crippen LogP contribution in [0.25, 0.3) is 0 Å². The van der Waals surface area contributed by atoms with Crippen molar-refractivity contribution in [3.8, 4) is 0 Å². The Balaban J connectivity index is 4.25. The third-order valence-electron chi connectivity index (χ3n) is 11.7. The minimum Gasteiger partial charge on any atom is -0.387 e. The van der Waals surface area contributed by atoms with Gasteiger partial charge in [-0.2, -0.15) is 0 Å². The van der Waals surface area contributed by atoms with Crippen LogP contribution in [-0.2, 0) is 18.4 Å². The number of carbonyl (C=O) groups excluding carboxylic acids is 1. The molecule has 0 radical (unpaired) electrons. The molecular formula is C51H102N2O6P+. The molecule has 0 rings (SSSR count). The second kappa shape index (κ2) is 43.2. The molecule has 3 N–H and O–H groups in total. The molecule has 1 amide bonds. The smallest absolute Gasteiger partial charge is 0.387 e. The van der Waals surface area contributed by atoms with Crippen molar-refractivity contribution in [2.24, 2.45) is 0 Å². The number of phosphoric ester groups is 1. The van der Waals surface area contributed by atoms with Gasteiger partial charge in [0.05, 0.1) is 39.9 Å². The van der Waals surface area contributed by atoms with Gasteiger partial charge in [-0.25, -0.2) is 4.57 Å². The van der Waals surface area contributed by atoms with E-state index in [9.17, 15) is 19.4 Å². The van der Waals surface area contributed by atoms with Crippen molar-refractivity contribution in [3.05, 3.63) is 24.3 Å². The lowest BCUT2D eigenvalue weighted by atomic mass is 10.0. The second-order valence-corrected chi connectivity index (χ2v) is 20.4. The van der Waals surface area contributed by atoms with Crippen molar-refractivity contribution >= 4 is 13.7 Å². The Morgan fingerprint density at radius 3 is 1.28 bits per heavy atom. The highest BCUT2D eigenvalue weighted by molar-refractivity contribution is 7.47. The number of rotatable bonds is 47. The summed E-state index contributed by atoms with van der Waals surface area (Å²) < 4.78 is 23.6. The van der Waals surface area contributed by atoms with Gasteiger partial charge in [0.1, 0.15) is 13.2 Å². The zero-order valence-electron chi connectivity index (χ0n) is 40.5. The van der Waals surface area contributed by atoms with Gasteiger partial charge >= 0.3 is 7.82 Å². The van der Waals surface area contributed by atoms with Gasteiger partial charge < -0.3 is 19.8 Å². The standard InChI is InChI=1S/C51H101N2O6P/c1-6-8-10-12-14-16-18-20-22-23-24-25-26-27-28-29-31-33-35-37-39-41-43-45-51(55)52-49(48-59-60(56,57)58-47-46-53(3,4)5)50(54)44-42-40-38-36-34-32-30-21-19-17-15-13-11-9-7-2/h23-24,42,44,49-50,54H,6-22,25-41,43,45-48H2,1-5H3,(H-,52,55,56,57)/p+1/b24-23-,44-42+. The first kappa shape index (κ1) is 59.0. The fourth-order valence-corrected chi connectivity index (χ4v) is 8.30. The number of amides is 1. The molecule has 0 fully saturated rings. The van der Waals surface area contributed by atoms with E-state index in [-0.39, 0.29) is 19.1 Å². The molecule has 0 saturated carbocycles. The van der Waals surface area contributed by atoms with Gasteiger partial charge in [-0.05, 0) is 44.9 Å². The highest BCUT2D eigenvalue weighted by Crippen LogP contribution is 2.43. The van der Waals surface area contributed by atoms with Crippen LogP contribution < -0.4 is 5.32 Å². The van der Waals surface area contributed by atoms with Gasteiger partial charge in [-0.1, -0.05) is 218 Å². The van der Waals surface area contributed by atoms with Crippen molar-refractivity contribution in [1.29, 1.82) is 0 Å². The Hall–Kier alpha value is -1.02. The minimum absolute atomic E-state index is 0.0629. The van der Waals surface area contributed by atoms with E-state index in [0.29, 0.717) is 17.4 Å². The number of hydrogen-bond donors (Lipinski definition) is 3. The average Bonchev–Trinajstić information content (AvgIpc) is 3.20. The lowest BCUT2D eigenvalue weighted by molar-refractivity contribution is -0.870. The van der Waals surface area contributed by atoms with Crippen LogP contribution >= 0.6 is 7.82 Å². The van der Waals surface area contributed by atoms with Gasteiger partial charge in [-0.15, -0.1) is 0 Å². The highest BCUT2D eigenvalue weighted by Gasteiger charge is 2.27. The Morgan fingerprint density at radius 1 is 0.550 bits per heavy atom. The van der Waals surface area contributed by atoms with Gasteiger partial charge in [0, 0.05) is 6.42 Å². The molecule has 0 heterocycles. The summed E-state index contributed by atoms with van der Waals surface area (Å²) in [6, 6.07) is -0.844. The molecule has 0 aromatic carbocycles. The molecule has 3 atom stereocenters. The third kappa shape index (κ3) is 45.0. The third-order valence-corrected chi connectivity index (χ3v) is 12.6. The molecule has 0 saturated heterocycles. The van der Waals surface area contributed by atoms with Gasteiger partial charge in [0.15, 0.2) is 0 Å². The van der Waals surface area contributed by atoms with E-state index in [1.54, 1.807) is 6.08 Å². The molecule has 0 aliphatic heterocycles. The lowest BCUT2D eigenvalue weighted by Gasteiger charge is -2.25. The van der Waals surface area contributed by atoms with Crippen LogP contribution in [0.5, 0.6) is 0 Å². The quantitative estimate of drug-likeness (QED) is 0.0243. The fraction of sp³-hybridized carbons (Fsp3) is 0.902. The number of carbonyl (C=O) groups is 1. The summed E-state index contributed by atoms with van der Waals surface area (Å²) in [4.78, 5) is 23.2. The van der Waals surface area contributed by atoms with Crippen molar-refractivity contribution in [2.75, 3.05) is 40.9 Å². The van der Waals surface area contributed by atoms with Crippen LogP contribution in [0.1, 0.15) is 245 Å². The van der Waals surface area contributed by atoms with Gasteiger partial charge in [0.2, 0.25) is 5.91 Å².